The molecule has 0 amide bonds. The molecule has 20 heavy (non-hydrogen) atoms. The second-order valence-corrected chi connectivity index (χ2v) is 5.29. The number of aryl methyl sites for hydroxylation is 2. The Balaban J connectivity index is 2.15. The third-order valence-electron chi connectivity index (χ3n) is 2.91. The lowest BCUT2D eigenvalue weighted by Gasteiger charge is -2.15. The minimum atomic E-state index is -0.310. The first kappa shape index (κ1) is 14.8. The van der Waals surface area contributed by atoms with Gasteiger partial charge in [-0.3, -0.25) is 0 Å². The molecule has 2 aromatic carbocycles. The van der Waals surface area contributed by atoms with E-state index in [-0.39, 0.29) is 5.82 Å². The van der Waals surface area contributed by atoms with E-state index < -0.39 is 0 Å². The molecule has 0 aliphatic rings. The molecule has 2 N–H and O–H groups in total. The molecule has 0 atom stereocenters. The zero-order chi connectivity index (χ0) is 14.7. The summed E-state index contributed by atoms with van der Waals surface area (Å²) < 4.78 is 13.2. The minimum absolute atomic E-state index is 0.310. The Morgan fingerprint density at radius 3 is 2.55 bits per heavy atom. The van der Waals surface area contributed by atoms with Crippen molar-refractivity contribution in [2.75, 3.05) is 10.6 Å². The predicted octanol–water partition coefficient (Wildman–Crippen LogP) is 4.90. The van der Waals surface area contributed by atoms with Crippen molar-refractivity contribution in [1.82, 2.24) is 0 Å². The third-order valence-corrected chi connectivity index (χ3v) is 3.43. The van der Waals surface area contributed by atoms with E-state index in [1.165, 1.54) is 12.1 Å². The maximum atomic E-state index is 13.2. The van der Waals surface area contributed by atoms with Crippen LogP contribution in [-0.2, 0) is 0 Å². The zero-order valence-electron chi connectivity index (χ0n) is 11.1. The van der Waals surface area contributed by atoms with Gasteiger partial charge in [0, 0.05) is 5.69 Å². The molecule has 104 valence electrons. The molecule has 0 saturated carbocycles. The number of hydrogen-bond acceptors (Lipinski definition) is 1. The van der Waals surface area contributed by atoms with Crippen LogP contribution < -0.4 is 10.6 Å². The van der Waals surface area contributed by atoms with Gasteiger partial charge in [-0.25, -0.2) is 4.39 Å². The van der Waals surface area contributed by atoms with E-state index in [9.17, 15) is 4.39 Å². The van der Waals surface area contributed by atoms with Crippen molar-refractivity contribution in [3.8, 4) is 0 Å². The molecule has 2 nitrogen and oxygen atoms in total. The molecule has 0 aliphatic heterocycles. The van der Waals surface area contributed by atoms with Crippen LogP contribution >= 0.6 is 23.8 Å². The first-order chi connectivity index (χ1) is 9.47. The van der Waals surface area contributed by atoms with Crippen LogP contribution in [0.3, 0.4) is 0 Å². The van der Waals surface area contributed by atoms with Crippen molar-refractivity contribution in [2.24, 2.45) is 0 Å². The highest BCUT2D eigenvalue weighted by Crippen LogP contribution is 2.25. The predicted molar refractivity (Wildman–Crippen MR) is 87.2 cm³/mol. The minimum Gasteiger partial charge on any atom is -0.332 e. The number of thiocarbonyl (C=S) groups is 1. The second-order valence-electron chi connectivity index (χ2n) is 4.47. The quantitative estimate of drug-likeness (QED) is 0.771. The van der Waals surface area contributed by atoms with E-state index >= 15 is 0 Å². The van der Waals surface area contributed by atoms with Gasteiger partial charge in [0.05, 0.1) is 10.7 Å². The van der Waals surface area contributed by atoms with Crippen LogP contribution in [0.2, 0.25) is 5.02 Å². The summed E-state index contributed by atoms with van der Waals surface area (Å²) in [5.74, 6) is -0.310. The largest absolute Gasteiger partial charge is 0.332 e. The number of benzene rings is 2. The summed E-state index contributed by atoms with van der Waals surface area (Å²) in [7, 11) is 0. The Bertz CT molecular complexity index is 638. The Labute approximate surface area is 128 Å². The number of nitrogens with one attached hydrogen (secondary N) is 2. The SMILES string of the molecule is Cc1ccc(F)cc1NC(=S)Nc1c(C)cccc1Cl. The molecule has 0 unspecified atom stereocenters. The molecule has 0 saturated heterocycles. The lowest BCUT2D eigenvalue weighted by atomic mass is 10.2. The van der Waals surface area contributed by atoms with Crippen molar-refractivity contribution in [2.45, 2.75) is 13.8 Å². The summed E-state index contributed by atoms with van der Waals surface area (Å²) in [6.45, 7) is 3.81. The maximum absolute atomic E-state index is 13.2. The molecule has 0 spiro atoms. The molecule has 0 radical (unpaired) electrons. The van der Waals surface area contributed by atoms with E-state index in [4.69, 9.17) is 23.8 Å². The molecule has 0 aliphatic carbocycles. The molecule has 0 bridgehead atoms. The van der Waals surface area contributed by atoms with E-state index in [2.05, 4.69) is 10.6 Å². The molecule has 0 fully saturated rings. The van der Waals surface area contributed by atoms with Gasteiger partial charge in [0.2, 0.25) is 0 Å². The van der Waals surface area contributed by atoms with Crippen LogP contribution in [0.4, 0.5) is 15.8 Å². The average Bonchev–Trinajstić information content (AvgIpc) is 2.38. The fraction of sp³-hybridized carbons (Fsp3) is 0.133. The van der Waals surface area contributed by atoms with Gasteiger partial charge in [0.1, 0.15) is 5.82 Å². The number of rotatable bonds is 2. The van der Waals surface area contributed by atoms with Crippen molar-refractivity contribution in [1.29, 1.82) is 0 Å². The molecular formula is C15H14ClFN2S. The summed E-state index contributed by atoms with van der Waals surface area (Å²) in [4.78, 5) is 0. The Morgan fingerprint density at radius 2 is 1.85 bits per heavy atom. The van der Waals surface area contributed by atoms with Crippen molar-refractivity contribution < 1.29 is 4.39 Å². The van der Waals surface area contributed by atoms with E-state index in [0.717, 1.165) is 16.8 Å². The fourth-order valence-electron chi connectivity index (χ4n) is 1.79. The first-order valence-electron chi connectivity index (χ1n) is 6.06. The first-order valence-corrected chi connectivity index (χ1v) is 6.85. The van der Waals surface area contributed by atoms with Gasteiger partial charge in [-0.2, -0.15) is 0 Å². The standard InChI is InChI=1S/C15H14ClFN2S/c1-9-6-7-11(17)8-13(9)18-15(20)19-14-10(2)4-3-5-12(14)16/h3-8H,1-2H3,(H2,18,19,20). The van der Waals surface area contributed by atoms with Gasteiger partial charge >= 0.3 is 0 Å². The monoisotopic (exact) mass is 308 g/mol. The molecule has 2 aromatic rings. The van der Waals surface area contributed by atoms with Crippen molar-refractivity contribution >= 4 is 40.3 Å². The summed E-state index contributed by atoms with van der Waals surface area (Å²) in [6, 6.07) is 10.1. The van der Waals surface area contributed by atoms with Gasteiger partial charge in [0.25, 0.3) is 0 Å². The lowest BCUT2D eigenvalue weighted by molar-refractivity contribution is 0.628. The fourth-order valence-corrected chi connectivity index (χ4v) is 2.27. The van der Waals surface area contributed by atoms with Gasteiger partial charge in [-0.15, -0.1) is 0 Å². The Morgan fingerprint density at radius 1 is 1.10 bits per heavy atom. The highest BCUT2D eigenvalue weighted by atomic mass is 35.5. The maximum Gasteiger partial charge on any atom is 0.175 e. The van der Waals surface area contributed by atoms with Crippen LogP contribution in [-0.4, -0.2) is 5.11 Å². The number of halogens is 2. The molecule has 0 heterocycles. The van der Waals surface area contributed by atoms with Crippen LogP contribution in [0.1, 0.15) is 11.1 Å². The van der Waals surface area contributed by atoms with Crippen molar-refractivity contribution in [3.05, 3.63) is 58.4 Å². The second kappa shape index (κ2) is 6.20. The zero-order valence-corrected chi connectivity index (χ0v) is 12.7. The van der Waals surface area contributed by atoms with Gasteiger partial charge in [-0.05, 0) is 55.4 Å². The lowest BCUT2D eigenvalue weighted by Crippen LogP contribution is -2.20. The van der Waals surface area contributed by atoms with E-state index in [1.807, 2.05) is 26.0 Å². The topological polar surface area (TPSA) is 24.1 Å². The summed E-state index contributed by atoms with van der Waals surface area (Å²) >= 11 is 11.4. The molecule has 0 aromatic heterocycles. The van der Waals surface area contributed by atoms with Crippen LogP contribution in [0, 0.1) is 19.7 Å². The highest BCUT2D eigenvalue weighted by molar-refractivity contribution is 7.80. The van der Waals surface area contributed by atoms with E-state index in [0.29, 0.717) is 15.8 Å². The molecule has 2 rings (SSSR count). The van der Waals surface area contributed by atoms with Crippen molar-refractivity contribution in [3.63, 3.8) is 0 Å². The Hall–Kier alpha value is -1.65. The highest BCUT2D eigenvalue weighted by Gasteiger charge is 2.07. The normalized spacial score (nSPS) is 10.2. The smallest absolute Gasteiger partial charge is 0.175 e. The summed E-state index contributed by atoms with van der Waals surface area (Å²) in [5.41, 5.74) is 3.27. The number of para-hydroxylation sites is 1. The molecular weight excluding hydrogens is 295 g/mol. The van der Waals surface area contributed by atoms with Gasteiger partial charge < -0.3 is 10.6 Å². The van der Waals surface area contributed by atoms with Crippen LogP contribution in [0.25, 0.3) is 0 Å². The molecule has 5 heteroatoms. The summed E-state index contributed by atoms with van der Waals surface area (Å²) in [6.07, 6.45) is 0. The van der Waals surface area contributed by atoms with E-state index in [1.54, 1.807) is 12.1 Å². The number of anilines is 2. The van der Waals surface area contributed by atoms with Crippen LogP contribution in [0.5, 0.6) is 0 Å². The van der Waals surface area contributed by atoms with Crippen LogP contribution in [0.15, 0.2) is 36.4 Å². The summed E-state index contributed by atoms with van der Waals surface area (Å²) in [5, 5.41) is 6.97. The average molecular weight is 309 g/mol. The van der Waals surface area contributed by atoms with Gasteiger partial charge in [-0.1, -0.05) is 29.8 Å². The van der Waals surface area contributed by atoms with Gasteiger partial charge in [0.15, 0.2) is 5.11 Å². The Kier molecular flexibility index (Phi) is 4.57. The third kappa shape index (κ3) is 3.46. The number of hydrogen-bond donors (Lipinski definition) is 2.